The van der Waals surface area contributed by atoms with Crippen LogP contribution >= 0.6 is 0 Å². The molecular weight excluding hydrogens is 450 g/mol. The first-order valence-electron chi connectivity index (χ1n) is 12.8. The van der Waals surface area contributed by atoms with Gasteiger partial charge < -0.3 is 15.5 Å². The van der Waals surface area contributed by atoms with E-state index in [-0.39, 0.29) is 23.1 Å². The molecule has 3 N–H and O–H groups in total. The van der Waals surface area contributed by atoms with Crippen molar-refractivity contribution >= 4 is 17.6 Å². The summed E-state index contributed by atoms with van der Waals surface area (Å²) in [5.41, 5.74) is 0.120. The Labute approximate surface area is 216 Å². The quantitative estimate of drug-likeness (QED) is 0.152. The van der Waals surface area contributed by atoms with Gasteiger partial charge in [0.2, 0.25) is 5.91 Å². The molecule has 0 spiro atoms. The van der Waals surface area contributed by atoms with Gasteiger partial charge in [0.1, 0.15) is 11.3 Å². The first-order valence-corrected chi connectivity index (χ1v) is 12.8. The second-order valence-corrected chi connectivity index (χ2v) is 8.28. The topological polar surface area (TPSA) is 86.6 Å². The number of benzene rings is 1. The number of hydrogen-bond acceptors (Lipinski definition) is 3. The summed E-state index contributed by atoms with van der Waals surface area (Å²) in [7, 11) is 0. The van der Waals surface area contributed by atoms with Crippen molar-refractivity contribution in [1.29, 1.82) is 0 Å². The van der Waals surface area contributed by atoms with Crippen molar-refractivity contribution in [3.63, 3.8) is 0 Å². The molecule has 0 bridgehead atoms. The standard InChI is InChI=1S/C31H41NO4/c1-3-5-6-7-8-9-10-11-12-13-14-15-16-17-18-19-20-21-22-26(4-2)30(34)32-27-23-24-29(33)28(25-27)31(35)36/h5-6,8-9,11-12,14-15,17-18,20-21,23-26,33H,3-4,7,10,13,16,19,22H2,1-2H3,(H,32,34)(H,35,36)/b6-5-,9-8-,12-11-,15-14-,18-17-,21-20-. The van der Waals surface area contributed by atoms with Gasteiger partial charge in [-0.15, -0.1) is 0 Å². The van der Waals surface area contributed by atoms with Crippen molar-refractivity contribution in [3.05, 3.63) is 96.7 Å². The number of phenols is 1. The van der Waals surface area contributed by atoms with Gasteiger partial charge in [0.15, 0.2) is 0 Å². The average molecular weight is 492 g/mol. The molecule has 0 saturated heterocycles. The van der Waals surface area contributed by atoms with Gasteiger partial charge in [-0.1, -0.05) is 86.8 Å². The molecule has 5 heteroatoms. The number of anilines is 1. The highest BCUT2D eigenvalue weighted by Crippen LogP contribution is 2.22. The lowest BCUT2D eigenvalue weighted by molar-refractivity contribution is -0.119. The van der Waals surface area contributed by atoms with Crippen LogP contribution in [-0.2, 0) is 4.79 Å². The van der Waals surface area contributed by atoms with Gasteiger partial charge in [0.25, 0.3) is 0 Å². The van der Waals surface area contributed by atoms with E-state index in [1.807, 2.05) is 19.1 Å². The Bertz CT molecular complexity index is 967. The van der Waals surface area contributed by atoms with E-state index < -0.39 is 5.97 Å². The Morgan fingerprint density at radius 2 is 1.25 bits per heavy atom. The highest BCUT2D eigenvalue weighted by Gasteiger charge is 2.17. The van der Waals surface area contributed by atoms with Crippen LogP contribution in [0.4, 0.5) is 5.69 Å². The van der Waals surface area contributed by atoms with Crippen LogP contribution in [0, 0.1) is 5.92 Å². The minimum absolute atomic E-state index is 0.168. The van der Waals surface area contributed by atoms with Crippen LogP contribution in [0.1, 0.15) is 75.6 Å². The molecule has 0 aliphatic heterocycles. The SMILES string of the molecule is CC/C=C\C/C=C\C/C=C\C/C=C\C/C=C\C/C=C\CC(CC)C(=O)Nc1ccc(O)c(C(=O)O)c1. The van der Waals surface area contributed by atoms with Gasteiger partial charge in [-0.05, 0) is 69.6 Å². The minimum atomic E-state index is -1.24. The molecule has 0 aliphatic rings. The number of aromatic carboxylic acids is 1. The van der Waals surface area contributed by atoms with Crippen molar-refractivity contribution in [2.24, 2.45) is 5.92 Å². The summed E-state index contributed by atoms with van der Waals surface area (Å²) in [4.78, 5) is 23.7. The number of carboxylic acid groups (broad SMARTS) is 1. The number of carbonyl (C=O) groups is 2. The van der Waals surface area contributed by atoms with Crippen molar-refractivity contribution in [1.82, 2.24) is 0 Å². The molecule has 0 saturated carbocycles. The lowest BCUT2D eigenvalue weighted by Crippen LogP contribution is -2.22. The van der Waals surface area contributed by atoms with Gasteiger partial charge in [0.05, 0.1) is 0 Å². The summed E-state index contributed by atoms with van der Waals surface area (Å²) in [5, 5.41) is 21.4. The molecule has 1 aromatic rings. The lowest BCUT2D eigenvalue weighted by Gasteiger charge is -2.13. The molecule has 194 valence electrons. The third-order valence-corrected chi connectivity index (χ3v) is 5.38. The zero-order valence-corrected chi connectivity index (χ0v) is 21.6. The Morgan fingerprint density at radius 1 is 0.778 bits per heavy atom. The van der Waals surface area contributed by atoms with E-state index in [1.54, 1.807) is 0 Å². The van der Waals surface area contributed by atoms with Crippen LogP contribution in [0.25, 0.3) is 0 Å². The van der Waals surface area contributed by atoms with E-state index in [0.29, 0.717) is 18.5 Å². The molecule has 1 rings (SSSR count). The van der Waals surface area contributed by atoms with Gasteiger partial charge in [-0.2, -0.15) is 0 Å². The maximum Gasteiger partial charge on any atom is 0.339 e. The molecule has 1 atom stereocenters. The molecule has 0 radical (unpaired) electrons. The minimum Gasteiger partial charge on any atom is -0.507 e. The highest BCUT2D eigenvalue weighted by molar-refractivity contribution is 5.96. The first-order chi connectivity index (χ1) is 17.5. The number of hydrogen-bond donors (Lipinski definition) is 3. The molecule has 0 heterocycles. The van der Waals surface area contributed by atoms with Crippen LogP contribution < -0.4 is 5.32 Å². The third kappa shape index (κ3) is 14.0. The van der Waals surface area contributed by atoms with E-state index in [0.717, 1.165) is 38.5 Å². The third-order valence-electron chi connectivity index (χ3n) is 5.38. The van der Waals surface area contributed by atoms with Crippen molar-refractivity contribution < 1.29 is 19.8 Å². The molecule has 5 nitrogen and oxygen atoms in total. The molecule has 1 aromatic carbocycles. The Balaban J connectivity index is 2.26. The average Bonchev–Trinajstić information content (AvgIpc) is 2.86. The molecular formula is C31H41NO4. The summed E-state index contributed by atoms with van der Waals surface area (Å²) >= 11 is 0. The van der Waals surface area contributed by atoms with Crippen molar-refractivity contribution in [3.8, 4) is 5.75 Å². The zero-order valence-electron chi connectivity index (χ0n) is 21.6. The number of rotatable bonds is 17. The molecule has 0 aliphatic carbocycles. The van der Waals surface area contributed by atoms with E-state index in [1.165, 1.54) is 18.2 Å². The molecule has 36 heavy (non-hydrogen) atoms. The fourth-order valence-corrected chi connectivity index (χ4v) is 3.27. The van der Waals surface area contributed by atoms with Crippen LogP contribution in [0.3, 0.4) is 0 Å². The zero-order chi connectivity index (χ0) is 26.4. The predicted molar refractivity (Wildman–Crippen MR) is 150 cm³/mol. The Hall–Kier alpha value is -3.60. The van der Waals surface area contributed by atoms with Gasteiger partial charge >= 0.3 is 5.97 Å². The molecule has 1 unspecified atom stereocenters. The van der Waals surface area contributed by atoms with Crippen molar-refractivity contribution in [2.45, 2.75) is 65.2 Å². The largest absolute Gasteiger partial charge is 0.507 e. The smallest absolute Gasteiger partial charge is 0.339 e. The van der Waals surface area contributed by atoms with Crippen molar-refractivity contribution in [2.75, 3.05) is 5.32 Å². The maximum absolute atomic E-state index is 12.5. The number of aromatic hydroxyl groups is 1. The van der Waals surface area contributed by atoms with Crippen LogP contribution in [0.15, 0.2) is 91.1 Å². The van der Waals surface area contributed by atoms with Crippen LogP contribution in [-0.4, -0.2) is 22.1 Å². The number of carboxylic acids is 1. The summed E-state index contributed by atoms with van der Waals surface area (Å²) in [6, 6.07) is 4.02. The monoisotopic (exact) mass is 491 g/mol. The van der Waals surface area contributed by atoms with E-state index in [4.69, 9.17) is 5.11 Å². The highest BCUT2D eigenvalue weighted by atomic mass is 16.4. The number of nitrogens with one attached hydrogen (secondary N) is 1. The maximum atomic E-state index is 12.5. The number of allylic oxidation sites excluding steroid dienone is 12. The van der Waals surface area contributed by atoms with Gasteiger partial charge in [-0.3, -0.25) is 4.79 Å². The summed E-state index contributed by atoms with van der Waals surface area (Å²) < 4.78 is 0. The molecule has 0 aromatic heterocycles. The fourth-order valence-electron chi connectivity index (χ4n) is 3.27. The normalized spacial score (nSPS) is 13.3. The van der Waals surface area contributed by atoms with E-state index in [2.05, 4.69) is 73.0 Å². The Kier molecular flexibility index (Phi) is 16.6. The lowest BCUT2D eigenvalue weighted by atomic mass is 10.0. The Morgan fingerprint density at radius 3 is 1.69 bits per heavy atom. The van der Waals surface area contributed by atoms with E-state index >= 15 is 0 Å². The predicted octanol–water partition coefficient (Wildman–Crippen LogP) is 8.14. The number of carbonyl (C=O) groups excluding carboxylic acids is 1. The molecule has 0 fully saturated rings. The van der Waals surface area contributed by atoms with Gasteiger partial charge in [-0.25, -0.2) is 4.79 Å². The van der Waals surface area contributed by atoms with Crippen LogP contribution in [0.2, 0.25) is 0 Å². The first kappa shape index (κ1) is 30.4. The second kappa shape index (κ2) is 19.7. The second-order valence-electron chi connectivity index (χ2n) is 8.28. The fraction of sp³-hybridized carbons (Fsp3) is 0.355. The number of amides is 1. The van der Waals surface area contributed by atoms with E-state index in [9.17, 15) is 14.7 Å². The van der Waals surface area contributed by atoms with Gasteiger partial charge in [0, 0.05) is 11.6 Å². The molecule has 1 amide bonds. The van der Waals surface area contributed by atoms with Crippen LogP contribution in [0.5, 0.6) is 5.75 Å². The summed E-state index contributed by atoms with van der Waals surface area (Å²) in [5.74, 6) is -1.95. The summed E-state index contributed by atoms with van der Waals surface area (Å²) in [6.07, 6.45) is 32.8. The summed E-state index contributed by atoms with van der Waals surface area (Å²) in [6.45, 7) is 4.09.